The smallest absolute Gasteiger partial charge is 0.274 e. The molecule has 2 N–H and O–H groups in total. The first-order chi connectivity index (χ1) is 17.2. The molecule has 1 aromatic heterocycles. The van der Waals surface area contributed by atoms with Gasteiger partial charge in [-0.05, 0) is 23.8 Å². The highest BCUT2D eigenvalue weighted by atomic mass is 16.2. The summed E-state index contributed by atoms with van der Waals surface area (Å²) in [5.41, 5.74) is 4.21. The van der Waals surface area contributed by atoms with Gasteiger partial charge in [-0.2, -0.15) is 0 Å². The van der Waals surface area contributed by atoms with Crippen LogP contribution in [-0.4, -0.2) is 22.4 Å². The second-order valence-electron chi connectivity index (χ2n) is 7.77. The Labute approximate surface area is 205 Å². The monoisotopic (exact) mass is 464 g/mol. The van der Waals surface area contributed by atoms with Gasteiger partial charge >= 0.3 is 0 Å². The van der Waals surface area contributed by atoms with Gasteiger partial charge in [0.05, 0.1) is 17.9 Å². The van der Waals surface area contributed by atoms with E-state index in [1.165, 1.54) is 0 Å². The van der Waals surface area contributed by atoms with Gasteiger partial charge in [0.25, 0.3) is 11.5 Å². The Balaban J connectivity index is 0.00000141. The van der Waals surface area contributed by atoms with Crippen LogP contribution in [0.1, 0.15) is 30.5 Å². The normalized spacial score (nSPS) is 14.4. The van der Waals surface area contributed by atoms with E-state index in [-0.39, 0.29) is 11.5 Å². The van der Waals surface area contributed by atoms with Crippen LogP contribution in [0.4, 0.5) is 11.4 Å². The van der Waals surface area contributed by atoms with Gasteiger partial charge in [0, 0.05) is 17.3 Å². The summed E-state index contributed by atoms with van der Waals surface area (Å²) < 4.78 is 1.61. The van der Waals surface area contributed by atoms with Gasteiger partial charge in [-0.3, -0.25) is 9.59 Å². The number of amides is 1. The third kappa shape index (κ3) is 5.38. The van der Waals surface area contributed by atoms with Crippen LogP contribution in [0.3, 0.4) is 0 Å². The van der Waals surface area contributed by atoms with Crippen molar-refractivity contribution >= 4 is 23.0 Å². The molecule has 4 aromatic rings. The summed E-state index contributed by atoms with van der Waals surface area (Å²) in [4.78, 5) is 30.9. The Morgan fingerprint density at radius 2 is 1.49 bits per heavy atom. The number of aromatic nitrogens is 1. The van der Waals surface area contributed by atoms with E-state index in [0.717, 1.165) is 16.7 Å². The van der Waals surface area contributed by atoms with Gasteiger partial charge in [-0.15, -0.1) is 0 Å². The molecule has 1 amide bonds. The van der Waals surface area contributed by atoms with Crippen LogP contribution >= 0.6 is 0 Å². The Kier molecular flexibility index (Phi) is 7.53. The fourth-order valence-electron chi connectivity index (χ4n) is 3.88. The number of rotatable bonds is 5. The minimum Gasteiger partial charge on any atom is -0.352 e. The van der Waals surface area contributed by atoms with Crippen molar-refractivity contribution in [1.82, 2.24) is 4.57 Å². The lowest BCUT2D eigenvalue weighted by Gasteiger charge is -2.15. The summed E-state index contributed by atoms with van der Waals surface area (Å²) in [6.45, 7) is 4.44. The summed E-state index contributed by atoms with van der Waals surface area (Å²) in [7, 11) is 0. The van der Waals surface area contributed by atoms with E-state index >= 15 is 0 Å². The molecule has 35 heavy (non-hydrogen) atoms. The number of carbonyl (C=O) groups is 1. The van der Waals surface area contributed by atoms with Gasteiger partial charge in [-0.25, -0.2) is 4.99 Å². The summed E-state index contributed by atoms with van der Waals surface area (Å²) >= 11 is 0. The molecule has 0 spiro atoms. The van der Waals surface area contributed by atoms with E-state index < -0.39 is 6.17 Å². The summed E-state index contributed by atoms with van der Waals surface area (Å²) in [5, 5.41) is 6.01. The average molecular weight is 465 g/mol. The first-order valence-corrected chi connectivity index (χ1v) is 11.7. The van der Waals surface area contributed by atoms with Gasteiger partial charge in [0.15, 0.2) is 6.17 Å². The van der Waals surface area contributed by atoms with Crippen molar-refractivity contribution in [3.63, 3.8) is 0 Å². The fourth-order valence-corrected chi connectivity index (χ4v) is 3.88. The van der Waals surface area contributed by atoms with Crippen molar-refractivity contribution < 1.29 is 4.79 Å². The molecule has 0 fully saturated rings. The third-order valence-electron chi connectivity index (χ3n) is 5.50. The number of pyridine rings is 1. The van der Waals surface area contributed by atoms with E-state index in [1.807, 2.05) is 98.8 Å². The maximum atomic E-state index is 13.1. The number of hydrogen-bond acceptors (Lipinski definition) is 4. The number of para-hydroxylation sites is 1. The molecule has 5 rings (SSSR count). The fraction of sp³-hybridized carbons (Fsp3) is 0.138. The Morgan fingerprint density at radius 1 is 0.829 bits per heavy atom. The molecule has 6 heteroatoms. The van der Waals surface area contributed by atoms with Crippen molar-refractivity contribution in [3.8, 4) is 0 Å². The largest absolute Gasteiger partial charge is 0.352 e. The predicted molar refractivity (Wildman–Crippen MR) is 142 cm³/mol. The summed E-state index contributed by atoms with van der Waals surface area (Å²) in [6.07, 6.45) is 0.773. The molecule has 3 aromatic carbocycles. The molecule has 0 saturated carbocycles. The van der Waals surface area contributed by atoms with E-state index in [2.05, 4.69) is 10.6 Å². The topological polar surface area (TPSA) is 75.5 Å². The molecule has 0 bridgehead atoms. The van der Waals surface area contributed by atoms with Crippen LogP contribution in [0, 0.1) is 0 Å². The molecule has 2 heterocycles. The van der Waals surface area contributed by atoms with Crippen LogP contribution in [-0.2, 0) is 11.3 Å². The van der Waals surface area contributed by atoms with Crippen molar-refractivity contribution in [2.75, 3.05) is 10.6 Å². The molecular weight excluding hydrogens is 436 g/mol. The summed E-state index contributed by atoms with van der Waals surface area (Å²) in [5.74, 6) is -0.328. The van der Waals surface area contributed by atoms with Crippen LogP contribution in [0.5, 0.6) is 0 Å². The van der Waals surface area contributed by atoms with Crippen molar-refractivity contribution in [3.05, 3.63) is 130 Å². The zero-order valence-electron chi connectivity index (χ0n) is 19.8. The molecule has 6 nitrogen and oxygen atoms in total. The number of benzodiazepines with no additional fused rings is 1. The zero-order chi connectivity index (χ0) is 24.6. The van der Waals surface area contributed by atoms with E-state index in [4.69, 9.17) is 4.99 Å². The molecule has 0 aliphatic carbocycles. The van der Waals surface area contributed by atoms with Crippen molar-refractivity contribution in [1.29, 1.82) is 0 Å². The molecule has 1 atom stereocenters. The van der Waals surface area contributed by atoms with Crippen molar-refractivity contribution in [2.24, 2.45) is 4.99 Å². The Morgan fingerprint density at radius 3 is 2.23 bits per heavy atom. The molecule has 1 unspecified atom stereocenters. The number of anilines is 2. The SMILES string of the molecule is CC.O=C1Nc2ccccc2C(c2ccccc2)=NC1Nc1cccn(Cc2ccccc2)c1=O. The lowest BCUT2D eigenvalue weighted by atomic mass is 10.0. The van der Waals surface area contributed by atoms with Crippen LogP contribution in [0.15, 0.2) is 113 Å². The van der Waals surface area contributed by atoms with Crippen LogP contribution < -0.4 is 16.2 Å². The van der Waals surface area contributed by atoms with Crippen LogP contribution in [0.2, 0.25) is 0 Å². The van der Waals surface area contributed by atoms with E-state index in [0.29, 0.717) is 23.6 Å². The minimum absolute atomic E-state index is 0.215. The molecule has 0 saturated heterocycles. The maximum Gasteiger partial charge on any atom is 0.274 e. The first-order valence-electron chi connectivity index (χ1n) is 11.7. The molecule has 1 aliphatic heterocycles. The average Bonchev–Trinajstić information content (AvgIpc) is 3.05. The number of aliphatic imine (C=N–C) groups is 1. The first kappa shape index (κ1) is 23.7. The highest BCUT2D eigenvalue weighted by Gasteiger charge is 2.26. The number of nitrogens with one attached hydrogen (secondary N) is 2. The standard InChI is InChI=1S/C27H22N4O2.C2H6/c32-26-25(28-23-16-9-17-31(27(23)33)18-19-10-3-1-4-11-19)30-24(20-12-5-2-6-13-20)21-14-7-8-15-22(21)29-26;1-2/h1-17,25,28H,18H2,(H,29,32);1-2H3. The lowest BCUT2D eigenvalue weighted by molar-refractivity contribution is -0.116. The molecular formula is C29H28N4O2. The van der Waals surface area contributed by atoms with Gasteiger partial charge < -0.3 is 15.2 Å². The predicted octanol–water partition coefficient (Wildman–Crippen LogP) is 5.15. The molecule has 1 aliphatic rings. The van der Waals surface area contributed by atoms with E-state index in [1.54, 1.807) is 22.9 Å². The zero-order valence-corrected chi connectivity index (χ0v) is 19.8. The van der Waals surface area contributed by atoms with Crippen LogP contribution in [0.25, 0.3) is 0 Å². The number of nitrogens with zero attached hydrogens (tertiary/aromatic N) is 2. The lowest BCUT2D eigenvalue weighted by Crippen LogP contribution is -2.35. The van der Waals surface area contributed by atoms with Gasteiger partial charge in [0.2, 0.25) is 0 Å². The molecule has 0 radical (unpaired) electrons. The Bertz CT molecular complexity index is 1380. The quantitative estimate of drug-likeness (QED) is 0.429. The number of benzene rings is 3. The highest BCUT2D eigenvalue weighted by molar-refractivity contribution is 6.19. The second kappa shape index (κ2) is 11.1. The second-order valence-corrected chi connectivity index (χ2v) is 7.77. The van der Waals surface area contributed by atoms with E-state index in [9.17, 15) is 9.59 Å². The number of hydrogen-bond donors (Lipinski definition) is 2. The third-order valence-corrected chi connectivity index (χ3v) is 5.50. The summed E-state index contributed by atoms with van der Waals surface area (Å²) in [6, 6.07) is 30.5. The van der Waals surface area contributed by atoms with Gasteiger partial charge in [0.1, 0.15) is 5.69 Å². The highest BCUT2D eigenvalue weighted by Crippen LogP contribution is 2.24. The number of carbonyl (C=O) groups excluding carboxylic acids is 1. The molecule has 176 valence electrons. The van der Waals surface area contributed by atoms with Crippen molar-refractivity contribution in [2.45, 2.75) is 26.6 Å². The Hall–Kier alpha value is -4.45. The number of fused-ring (bicyclic) bond motifs is 1. The minimum atomic E-state index is -0.965. The maximum absolute atomic E-state index is 13.1. The van der Waals surface area contributed by atoms with Gasteiger partial charge in [-0.1, -0.05) is 92.7 Å².